The molecule has 0 saturated heterocycles. The molecule has 0 N–H and O–H groups in total. The van der Waals surface area contributed by atoms with Crippen molar-refractivity contribution >= 4 is 59.8 Å². The summed E-state index contributed by atoms with van der Waals surface area (Å²) in [5.41, 5.74) is 8.58. The van der Waals surface area contributed by atoms with Crippen LogP contribution in [0.15, 0.2) is 72.2 Å². The zero-order valence-corrected chi connectivity index (χ0v) is 19.9. The van der Waals surface area contributed by atoms with Crippen LogP contribution in [0.3, 0.4) is 0 Å². The summed E-state index contributed by atoms with van der Waals surface area (Å²) in [5, 5.41) is 2.81. The van der Waals surface area contributed by atoms with Crippen molar-refractivity contribution in [2.24, 2.45) is 4.99 Å². The molecule has 0 bridgehead atoms. The number of rotatable bonds is 3. The molecule has 0 saturated carbocycles. The molecule has 31 heavy (non-hydrogen) atoms. The molecule has 0 unspecified atom stereocenters. The van der Waals surface area contributed by atoms with Gasteiger partial charge in [0.2, 0.25) is 0 Å². The highest BCUT2D eigenvalue weighted by Gasteiger charge is 2.35. The Morgan fingerprint density at radius 2 is 1.58 bits per heavy atom. The van der Waals surface area contributed by atoms with Crippen molar-refractivity contribution < 1.29 is 0 Å². The van der Waals surface area contributed by atoms with E-state index >= 15 is 0 Å². The molecule has 4 heteroatoms. The maximum absolute atomic E-state index is 6.38. The SMILES string of the molecule is C=C(Cl)c1c(/N=C(\C)Cl)sc2ccc(-c3ccc4c(c3)C(C)(C)c3ccccc3-4)cc12. The Morgan fingerprint density at radius 1 is 0.903 bits per heavy atom. The third-order valence-electron chi connectivity index (χ3n) is 6.11. The van der Waals surface area contributed by atoms with Gasteiger partial charge >= 0.3 is 0 Å². The van der Waals surface area contributed by atoms with E-state index in [0.29, 0.717) is 10.2 Å². The van der Waals surface area contributed by atoms with Crippen molar-refractivity contribution in [2.75, 3.05) is 0 Å². The highest BCUT2D eigenvalue weighted by Crippen LogP contribution is 2.50. The Hall–Kier alpha value is -2.39. The maximum Gasteiger partial charge on any atom is 0.127 e. The Labute approximate surface area is 196 Å². The summed E-state index contributed by atoms with van der Waals surface area (Å²) in [6.07, 6.45) is 0. The lowest BCUT2D eigenvalue weighted by Crippen LogP contribution is -2.14. The fourth-order valence-electron chi connectivity index (χ4n) is 4.63. The van der Waals surface area contributed by atoms with Gasteiger partial charge in [-0.3, -0.25) is 0 Å². The van der Waals surface area contributed by atoms with Crippen molar-refractivity contribution in [1.82, 2.24) is 0 Å². The molecule has 1 aromatic heterocycles. The van der Waals surface area contributed by atoms with E-state index in [0.717, 1.165) is 26.2 Å². The van der Waals surface area contributed by atoms with E-state index in [1.54, 1.807) is 18.3 Å². The first kappa shape index (κ1) is 20.5. The number of aliphatic imine (C=N–C) groups is 1. The first-order chi connectivity index (χ1) is 14.8. The molecule has 3 aromatic carbocycles. The molecule has 0 fully saturated rings. The molecule has 0 atom stereocenters. The molecule has 0 amide bonds. The Kier molecular flexibility index (Phi) is 4.86. The Bertz CT molecular complexity index is 1400. The van der Waals surface area contributed by atoms with Crippen molar-refractivity contribution in [2.45, 2.75) is 26.2 Å². The summed E-state index contributed by atoms with van der Waals surface area (Å²) >= 11 is 14.0. The molecule has 1 aliphatic carbocycles. The Balaban J connectivity index is 1.68. The number of benzene rings is 3. The van der Waals surface area contributed by atoms with Crippen molar-refractivity contribution in [3.05, 3.63) is 83.9 Å². The monoisotopic (exact) mass is 461 g/mol. The van der Waals surface area contributed by atoms with Crippen molar-refractivity contribution in [1.29, 1.82) is 0 Å². The molecule has 154 valence electrons. The van der Waals surface area contributed by atoms with Crippen LogP contribution in [0.4, 0.5) is 5.00 Å². The van der Waals surface area contributed by atoms with Crippen LogP contribution in [0.25, 0.3) is 37.4 Å². The van der Waals surface area contributed by atoms with Crippen LogP contribution in [0, 0.1) is 0 Å². The van der Waals surface area contributed by atoms with Gasteiger partial charge in [0.15, 0.2) is 0 Å². The lowest BCUT2D eigenvalue weighted by Gasteiger charge is -2.22. The summed E-state index contributed by atoms with van der Waals surface area (Å²) in [6.45, 7) is 10.3. The highest BCUT2D eigenvalue weighted by atomic mass is 35.5. The van der Waals surface area contributed by atoms with E-state index in [4.69, 9.17) is 23.2 Å². The van der Waals surface area contributed by atoms with Gasteiger partial charge in [0.25, 0.3) is 0 Å². The third-order valence-corrected chi connectivity index (χ3v) is 7.45. The minimum atomic E-state index is -0.0240. The average Bonchev–Trinajstić information content (AvgIpc) is 3.19. The number of hydrogen-bond acceptors (Lipinski definition) is 2. The number of nitrogens with zero attached hydrogens (tertiary/aromatic N) is 1. The molecule has 5 rings (SSSR count). The normalized spacial score (nSPS) is 14.5. The van der Waals surface area contributed by atoms with E-state index in [1.165, 1.54) is 27.8 Å². The van der Waals surface area contributed by atoms with Crippen LogP contribution < -0.4 is 0 Å². The maximum atomic E-state index is 6.38. The molecule has 1 aliphatic rings. The highest BCUT2D eigenvalue weighted by molar-refractivity contribution is 7.23. The zero-order chi connectivity index (χ0) is 21.9. The number of fused-ring (bicyclic) bond motifs is 4. The van der Waals surface area contributed by atoms with E-state index in [2.05, 4.69) is 86.1 Å². The van der Waals surface area contributed by atoms with Gasteiger partial charge in [-0.1, -0.05) is 86.1 Å². The fourth-order valence-corrected chi connectivity index (χ4v) is 6.14. The average molecular weight is 462 g/mol. The zero-order valence-electron chi connectivity index (χ0n) is 17.6. The van der Waals surface area contributed by atoms with Crippen LogP contribution in [0.1, 0.15) is 37.5 Å². The van der Waals surface area contributed by atoms with Crippen molar-refractivity contribution in [3.8, 4) is 22.3 Å². The first-order valence-electron chi connectivity index (χ1n) is 10.1. The molecule has 1 nitrogen and oxygen atoms in total. The summed E-state index contributed by atoms with van der Waals surface area (Å²) < 4.78 is 1.12. The lowest BCUT2D eigenvalue weighted by atomic mass is 9.81. The third kappa shape index (κ3) is 3.25. The van der Waals surface area contributed by atoms with Gasteiger partial charge in [-0.15, -0.1) is 11.3 Å². The number of thiophene rings is 1. The summed E-state index contributed by atoms with van der Waals surface area (Å²) in [5.74, 6) is 0. The molecule has 1 heterocycles. The molecule has 0 radical (unpaired) electrons. The molecular weight excluding hydrogens is 441 g/mol. The number of hydrogen-bond donors (Lipinski definition) is 0. The van der Waals surface area contributed by atoms with Crippen LogP contribution in [-0.4, -0.2) is 5.17 Å². The lowest BCUT2D eigenvalue weighted by molar-refractivity contribution is 0.660. The molecule has 0 aliphatic heterocycles. The number of halogens is 2. The largest absolute Gasteiger partial charge is 0.230 e. The summed E-state index contributed by atoms with van der Waals surface area (Å²) in [6, 6.07) is 22.0. The smallest absolute Gasteiger partial charge is 0.127 e. The second kappa shape index (κ2) is 7.34. The minimum Gasteiger partial charge on any atom is -0.230 e. The van der Waals surface area contributed by atoms with Gasteiger partial charge in [0.1, 0.15) is 10.2 Å². The predicted molar refractivity (Wildman–Crippen MR) is 138 cm³/mol. The predicted octanol–water partition coefficient (Wildman–Crippen LogP) is 9.37. The molecule has 4 aromatic rings. The van der Waals surface area contributed by atoms with Gasteiger partial charge < -0.3 is 0 Å². The van der Waals surface area contributed by atoms with Gasteiger partial charge in [-0.25, -0.2) is 4.99 Å². The Morgan fingerprint density at radius 3 is 2.32 bits per heavy atom. The molecular formula is C27H21Cl2NS. The van der Waals surface area contributed by atoms with Crippen LogP contribution in [-0.2, 0) is 5.41 Å². The van der Waals surface area contributed by atoms with Crippen LogP contribution in [0.5, 0.6) is 0 Å². The van der Waals surface area contributed by atoms with Crippen LogP contribution in [0.2, 0.25) is 0 Å². The van der Waals surface area contributed by atoms with E-state index in [-0.39, 0.29) is 5.41 Å². The van der Waals surface area contributed by atoms with Gasteiger partial charge in [-0.2, -0.15) is 0 Å². The quantitative estimate of drug-likeness (QED) is 0.269. The molecule has 0 spiro atoms. The summed E-state index contributed by atoms with van der Waals surface area (Å²) in [4.78, 5) is 4.46. The van der Waals surface area contributed by atoms with Gasteiger partial charge in [0, 0.05) is 26.1 Å². The van der Waals surface area contributed by atoms with Crippen LogP contribution >= 0.6 is 34.5 Å². The van der Waals surface area contributed by atoms with Crippen molar-refractivity contribution in [3.63, 3.8) is 0 Å². The van der Waals surface area contributed by atoms with Gasteiger partial charge in [0.05, 0.1) is 0 Å². The first-order valence-corrected chi connectivity index (χ1v) is 11.7. The minimum absolute atomic E-state index is 0.0240. The fraction of sp³-hybridized carbons (Fsp3) is 0.148. The second-order valence-corrected chi connectivity index (χ2v) is 10.5. The topological polar surface area (TPSA) is 12.4 Å². The van der Waals surface area contributed by atoms with E-state index in [1.807, 2.05) is 0 Å². The second-order valence-electron chi connectivity index (χ2n) is 8.44. The van der Waals surface area contributed by atoms with E-state index < -0.39 is 0 Å². The standard InChI is InChI=1S/C27H21Cl2NS/c1-15(28)25-21-13-17(10-12-24(21)31-26(25)30-16(2)29)18-9-11-20-19-7-5-6-8-22(19)27(3,4)23(20)14-18/h5-14H,1H2,2-4H3/b30-16+. The summed E-state index contributed by atoms with van der Waals surface area (Å²) in [7, 11) is 0. The van der Waals surface area contributed by atoms with E-state index in [9.17, 15) is 0 Å². The van der Waals surface area contributed by atoms with Gasteiger partial charge in [-0.05, 0) is 58.5 Å².